The number of benzene rings is 1. The number of pyridine rings is 1. The molecule has 9 heteroatoms. The maximum absolute atomic E-state index is 13.5. The lowest BCUT2D eigenvalue weighted by Gasteiger charge is -2.21. The van der Waals surface area contributed by atoms with Crippen LogP contribution >= 0.6 is 0 Å². The number of hydrogen-bond acceptors (Lipinski definition) is 5. The Morgan fingerprint density at radius 3 is 2.64 bits per heavy atom. The minimum Gasteiger partial charge on any atom is -0.379 e. The van der Waals surface area contributed by atoms with Gasteiger partial charge in [-0.2, -0.15) is 4.31 Å². The highest BCUT2D eigenvalue weighted by atomic mass is 32.2. The standard InChI is InChI=1S/C19H20FN5O2S/c1-24-12-19(22-13-24)28(26,27)25-10-17(14-5-3-2-4-6-14)18(11-25)23-16-7-15(20)8-21-9-16/h2-9,12-13,17-18,23H,10-11H2,1H3/t17-,18+/m1/s1. The molecule has 0 bridgehead atoms. The summed E-state index contributed by atoms with van der Waals surface area (Å²) in [7, 11) is -1.99. The maximum Gasteiger partial charge on any atom is 0.262 e. The van der Waals surface area contributed by atoms with E-state index in [2.05, 4.69) is 15.3 Å². The van der Waals surface area contributed by atoms with Crippen LogP contribution in [0.3, 0.4) is 0 Å². The summed E-state index contributed by atoms with van der Waals surface area (Å²) >= 11 is 0. The van der Waals surface area contributed by atoms with Crippen LogP contribution in [0, 0.1) is 5.82 Å². The molecular weight excluding hydrogens is 381 g/mol. The van der Waals surface area contributed by atoms with Crippen molar-refractivity contribution >= 4 is 15.7 Å². The highest BCUT2D eigenvalue weighted by molar-refractivity contribution is 7.89. The normalized spacial score (nSPS) is 20.4. The number of aryl methyl sites for hydroxylation is 1. The SMILES string of the molecule is Cn1cnc(S(=O)(=O)N2C[C@H](Nc3cncc(F)c3)[C@@H](c3ccccc3)C2)c1. The number of nitrogens with zero attached hydrogens (tertiary/aromatic N) is 4. The Morgan fingerprint density at radius 2 is 1.96 bits per heavy atom. The van der Waals surface area contributed by atoms with E-state index in [1.165, 1.54) is 29.1 Å². The molecule has 146 valence electrons. The number of imidazole rings is 1. The van der Waals surface area contributed by atoms with E-state index in [1.54, 1.807) is 11.6 Å². The summed E-state index contributed by atoms with van der Waals surface area (Å²) in [6.45, 7) is 0.554. The summed E-state index contributed by atoms with van der Waals surface area (Å²) in [6.07, 6.45) is 5.61. The fourth-order valence-corrected chi connectivity index (χ4v) is 4.97. The van der Waals surface area contributed by atoms with Crippen LogP contribution in [-0.2, 0) is 17.1 Å². The predicted molar refractivity (Wildman–Crippen MR) is 103 cm³/mol. The van der Waals surface area contributed by atoms with E-state index < -0.39 is 15.8 Å². The van der Waals surface area contributed by atoms with Gasteiger partial charge in [0.15, 0.2) is 5.03 Å². The number of rotatable bonds is 5. The van der Waals surface area contributed by atoms with Gasteiger partial charge in [-0.05, 0) is 5.56 Å². The molecule has 0 unspecified atom stereocenters. The van der Waals surface area contributed by atoms with Crippen LogP contribution in [0.5, 0.6) is 0 Å². The van der Waals surface area contributed by atoms with Crippen molar-refractivity contribution in [1.29, 1.82) is 0 Å². The molecule has 0 radical (unpaired) electrons. The molecule has 0 saturated carbocycles. The third kappa shape index (κ3) is 3.63. The van der Waals surface area contributed by atoms with Gasteiger partial charge in [0.2, 0.25) is 0 Å². The Labute approximate surface area is 162 Å². The Morgan fingerprint density at radius 1 is 1.18 bits per heavy atom. The minimum absolute atomic E-state index is 0.0230. The molecule has 1 saturated heterocycles. The fraction of sp³-hybridized carbons (Fsp3) is 0.263. The molecule has 4 rings (SSSR count). The van der Waals surface area contributed by atoms with E-state index in [0.717, 1.165) is 11.8 Å². The molecule has 1 aromatic carbocycles. The lowest BCUT2D eigenvalue weighted by molar-refractivity contribution is 0.468. The summed E-state index contributed by atoms with van der Waals surface area (Å²) in [6, 6.07) is 10.8. The van der Waals surface area contributed by atoms with E-state index >= 15 is 0 Å². The Bertz CT molecular complexity index is 1070. The number of anilines is 1. The lowest BCUT2D eigenvalue weighted by Crippen LogP contribution is -2.32. The van der Waals surface area contributed by atoms with Gasteiger partial charge in [-0.1, -0.05) is 30.3 Å². The van der Waals surface area contributed by atoms with Crippen molar-refractivity contribution in [1.82, 2.24) is 18.8 Å². The molecule has 1 aliphatic rings. The Kier molecular flexibility index (Phi) is 4.86. The van der Waals surface area contributed by atoms with Crippen molar-refractivity contribution in [2.45, 2.75) is 17.0 Å². The highest BCUT2D eigenvalue weighted by Crippen LogP contribution is 2.33. The third-order valence-electron chi connectivity index (χ3n) is 4.86. The van der Waals surface area contributed by atoms with Crippen LogP contribution in [0.4, 0.5) is 10.1 Å². The molecule has 1 N–H and O–H groups in total. The number of sulfonamides is 1. The quantitative estimate of drug-likeness (QED) is 0.709. The van der Waals surface area contributed by atoms with Gasteiger partial charge in [-0.15, -0.1) is 0 Å². The summed E-state index contributed by atoms with van der Waals surface area (Å²) in [5, 5.41) is 3.28. The predicted octanol–water partition coefficient (Wildman–Crippen LogP) is 2.22. The zero-order valence-corrected chi connectivity index (χ0v) is 16.1. The smallest absolute Gasteiger partial charge is 0.262 e. The molecule has 0 spiro atoms. The molecule has 3 heterocycles. The minimum atomic E-state index is -3.72. The molecule has 2 aromatic heterocycles. The van der Waals surface area contributed by atoms with Crippen LogP contribution < -0.4 is 5.32 Å². The molecule has 3 aromatic rings. The Hall–Kier alpha value is -2.78. The maximum atomic E-state index is 13.5. The van der Waals surface area contributed by atoms with Crippen molar-refractivity contribution in [2.75, 3.05) is 18.4 Å². The molecular formula is C19H20FN5O2S. The van der Waals surface area contributed by atoms with Gasteiger partial charge in [0.05, 0.1) is 24.4 Å². The highest BCUT2D eigenvalue weighted by Gasteiger charge is 2.41. The first-order valence-electron chi connectivity index (χ1n) is 8.83. The molecule has 7 nitrogen and oxygen atoms in total. The second kappa shape index (κ2) is 7.33. The van der Waals surface area contributed by atoms with E-state index in [1.807, 2.05) is 30.3 Å². The van der Waals surface area contributed by atoms with E-state index in [-0.39, 0.29) is 23.5 Å². The summed E-state index contributed by atoms with van der Waals surface area (Å²) in [5.74, 6) is -0.542. The van der Waals surface area contributed by atoms with Crippen molar-refractivity contribution in [3.05, 3.63) is 72.7 Å². The van der Waals surface area contributed by atoms with E-state index in [0.29, 0.717) is 12.2 Å². The first-order valence-corrected chi connectivity index (χ1v) is 10.3. The van der Waals surface area contributed by atoms with Crippen LogP contribution in [-0.4, -0.2) is 46.4 Å². The van der Waals surface area contributed by atoms with Gasteiger partial charge in [0.25, 0.3) is 10.0 Å². The average molecular weight is 401 g/mol. The van der Waals surface area contributed by atoms with Crippen molar-refractivity contribution in [3.8, 4) is 0 Å². The van der Waals surface area contributed by atoms with Gasteiger partial charge < -0.3 is 9.88 Å². The van der Waals surface area contributed by atoms with Gasteiger partial charge >= 0.3 is 0 Å². The summed E-state index contributed by atoms with van der Waals surface area (Å²) in [5.41, 5.74) is 1.53. The first-order chi connectivity index (χ1) is 13.4. The second-order valence-electron chi connectivity index (χ2n) is 6.86. The number of halogens is 1. The van der Waals surface area contributed by atoms with Crippen LogP contribution in [0.2, 0.25) is 0 Å². The van der Waals surface area contributed by atoms with E-state index in [4.69, 9.17) is 0 Å². The second-order valence-corrected chi connectivity index (χ2v) is 8.74. The molecule has 2 atom stereocenters. The zero-order valence-electron chi connectivity index (χ0n) is 15.2. The van der Waals surface area contributed by atoms with Gasteiger partial charge in [-0.25, -0.2) is 17.8 Å². The van der Waals surface area contributed by atoms with Crippen LogP contribution in [0.25, 0.3) is 0 Å². The molecule has 0 amide bonds. The molecule has 28 heavy (non-hydrogen) atoms. The topological polar surface area (TPSA) is 80.1 Å². The zero-order chi connectivity index (χ0) is 19.7. The van der Waals surface area contributed by atoms with Crippen LogP contribution in [0.15, 0.2) is 66.3 Å². The average Bonchev–Trinajstić information content (AvgIpc) is 3.30. The van der Waals surface area contributed by atoms with Gasteiger partial charge in [0, 0.05) is 44.4 Å². The van der Waals surface area contributed by atoms with Gasteiger partial charge in [-0.3, -0.25) is 4.98 Å². The monoisotopic (exact) mass is 401 g/mol. The van der Waals surface area contributed by atoms with E-state index in [9.17, 15) is 12.8 Å². The Balaban J connectivity index is 1.65. The van der Waals surface area contributed by atoms with Crippen LogP contribution in [0.1, 0.15) is 11.5 Å². The van der Waals surface area contributed by atoms with Crippen molar-refractivity contribution in [2.24, 2.45) is 7.05 Å². The molecule has 0 aliphatic carbocycles. The first kappa shape index (κ1) is 18.6. The number of hydrogen-bond donors (Lipinski definition) is 1. The van der Waals surface area contributed by atoms with Crippen molar-refractivity contribution in [3.63, 3.8) is 0 Å². The van der Waals surface area contributed by atoms with Crippen molar-refractivity contribution < 1.29 is 12.8 Å². The number of nitrogens with one attached hydrogen (secondary N) is 1. The summed E-state index contributed by atoms with van der Waals surface area (Å²) < 4.78 is 42.6. The third-order valence-corrected chi connectivity index (χ3v) is 6.57. The summed E-state index contributed by atoms with van der Waals surface area (Å²) in [4.78, 5) is 7.86. The van der Waals surface area contributed by atoms with Gasteiger partial charge in [0.1, 0.15) is 5.82 Å². The largest absolute Gasteiger partial charge is 0.379 e. The molecule has 1 aliphatic heterocycles. The number of aromatic nitrogens is 3. The molecule has 1 fully saturated rings. The lowest BCUT2D eigenvalue weighted by atomic mass is 9.94. The fourth-order valence-electron chi connectivity index (χ4n) is 3.51.